The molecule has 0 spiro atoms. The van der Waals surface area contributed by atoms with E-state index in [0.29, 0.717) is 6.54 Å². The normalized spacial score (nSPS) is 15.0. The molecule has 1 aliphatic rings. The van der Waals surface area contributed by atoms with Crippen LogP contribution in [-0.2, 0) is 13.1 Å². The number of piperazine rings is 1. The van der Waals surface area contributed by atoms with Crippen molar-refractivity contribution >= 4 is 6.03 Å². The summed E-state index contributed by atoms with van der Waals surface area (Å²) in [6.45, 7) is 4.71. The van der Waals surface area contributed by atoms with Crippen LogP contribution in [0.4, 0.5) is 4.79 Å². The molecule has 1 aromatic heterocycles. The average Bonchev–Trinajstić information content (AvgIpc) is 2.68. The van der Waals surface area contributed by atoms with Crippen LogP contribution >= 0.6 is 0 Å². The summed E-state index contributed by atoms with van der Waals surface area (Å²) in [6.07, 6.45) is 3.64. The molecule has 0 bridgehead atoms. The molecule has 6 nitrogen and oxygen atoms in total. The molecule has 3 rings (SSSR count). The summed E-state index contributed by atoms with van der Waals surface area (Å²) in [4.78, 5) is 20.6. The highest BCUT2D eigenvalue weighted by molar-refractivity contribution is 5.74. The number of carbonyl (C=O) groups excluding carboxylic acids is 1. The van der Waals surface area contributed by atoms with Crippen molar-refractivity contribution in [2.24, 2.45) is 0 Å². The van der Waals surface area contributed by atoms with Gasteiger partial charge in [0, 0.05) is 51.7 Å². The smallest absolute Gasteiger partial charge is 0.317 e. The number of carbonyl (C=O) groups is 1. The van der Waals surface area contributed by atoms with E-state index in [1.165, 1.54) is 5.56 Å². The zero-order chi connectivity index (χ0) is 17.5. The van der Waals surface area contributed by atoms with Crippen LogP contribution in [0.25, 0.3) is 0 Å². The van der Waals surface area contributed by atoms with Gasteiger partial charge in [-0.25, -0.2) is 4.79 Å². The first-order valence-electron chi connectivity index (χ1n) is 8.51. The molecule has 25 heavy (non-hydrogen) atoms. The second kappa shape index (κ2) is 8.48. The van der Waals surface area contributed by atoms with E-state index >= 15 is 0 Å². The summed E-state index contributed by atoms with van der Waals surface area (Å²) in [7, 11) is 1.64. The zero-order valence-corrected chi connectivity index (χ0v) is 14.5. The van der Waals surface area contributed by atoms with Crippen LogP contribution in [0.15, 0.2) is 48.8 Å². The standard InChI is InChI=1S/C19H24N4O2/c1-25-18-4-2-16(3-5-18)14-21-19(24)23-12-10-22(11-13-23)15-17-6-8-20-9-7-17/h2-9H,10-15H2,1H3,(H,21,24). The molecule has 1 N–H and O–H groups in total. The van der Waals surface area contributed by atoms with Gasteiger partial charge in [-0.2, -0.15) is 0 Å². The van der Waals surface area contributed by atoms with E-state index in [9.17, 15) is 4.79 Å². The van der Waals surface area contributed by atoms with Gasteiger partial charge in [0.2, 0.25) is 0 Å². The molecule has 1 aliphatic heterocycles. The van der Waals surface area contributed by atoms with Gasteiger partial charge in [0.05, 0.1) is 7.11 Å². The van der Waals surface area contributed by atoms with E-state index in [0.717, 1.165) is 44.0 Å². The monoisotopic (exact) mass is 340 g/mol. The van der Waals surface area contributed by atoms with Crippen molar-refractivity contribution < 1.29 is 9.53 Å². The average molecular weight is 340 g/mol. The van der Waals surface area contributed by atoms with Gasteiger partial charge < -0.3 is 15.0 Å². The summed E-state index contributed by atoms with van der Waals surface area (Å²) >= 11 is 0. The highest BCUT2D eigenvalue weighted by Crippen LogP contribution is 2.11. The van der Waals surface area contributed by atoms with Crippen molar-refractivity contribution in [3.05, 3.63) is 59.9 Å². The number of hydrogen-bond donors (Lipinski definition) is 1. The third-order valence-corrected chi connectivity index (χ3v) is 4.42. The van der Waals surface area contributed by atoms with Gasteiger partial charge in [-0.1, -0.05) is 12.1 Å². The Kier molecular flexibility index (Phi) is 5.85. The molecular weight excluding hydrogens is 316 g/mol. The minimum Gasteiger partial charge on any atom is -0.497 e. The van der Waals surface area contributed by atoms with Crippen molar-refractivity contribution in [2.45, 2.75) is 13.1 Å². The maximum Gasteiger partial charge on any atom is 0.317 e. The van der Waals surface area contributed by atoms with E-state index in [-0.39, 0.29) is 6.03 Å². The molecule has 1 aromatic carbocycles. The maximum absolute atomic E-state index is 12.3. The third kappa shape index (κ3) is 4.93. The lowest BCUT2D eigenvalue weighted by atomic mass is 10.2. The van der Waals surface area contributed by atoms with E-state index in [2.05, 4.69) is 15.2 Å². The fourth-order valence-electron chi connectivity index (χ4n) is 2.89. The van der Waals surface area contributed by atoms with Gasteiger partial charge in [-0.3, -0.25) is 9.88 Å². The van der Waals surface area contributed by atoms with Crippen LogP contribution in [0.2, 0.25) is 0 Å². The molecule has 0 radical (unpaired) electrons. The number of amides is 2. The Balaban J connectivity index is 1.41. The van der Waals surface area contributed by atoms with Gasteiger partial charge in [-0.05, 0) is 35.4 Å². The summed E-state index contributed by atoms with van der Waals surface area (Å²) < 4.78 is 5.14. The topological polar surface area (TPSA) is 57.7 Å². The Morgan fingerprint density at radius 2 is 1.72 bits per heavy atom. The molecular formula is C19H24N4O2. The van der Waals surface area contributed by atoms with Crippen molar-refractivity contribution in [3.8, 4) is 5.75 Å². The van der Waals surface area contributed by atoms with Gasteiger partial charge in [0.25, 0.3) is 0 Å². The quantitative estimate of drug-likeness (QED) is 0.906. The van der Waals surface area contributed by atoms with Crippen LogP contribution in [-0.4, -0.2) is 54.1 Å². The van der Waals surface area contributed by atoms with Crippen molar-refractivity contribution in [3.63, 3.8) is 0 Å². The Morgan fingerprint density at radius 1 is 1.04 bits per heavy atom. The van der Waals surface area contributed by atoms with Crippen molar-refractivity contribution in [2.75, 3.05) is 33.3 Å². The molecule has 2 aromatic rings. The fourth-order valence-corrected chi connectivity index (χ4v) is 2.89. The first-order valence-corrected chi connectivity index (χ1v) is 8.51. The van der Waals surface area contributed by atoms with Crippen LogP contribution in [0.1, 0.15) is 11.1 Å². The number of ether oxygens (including phenoxy) is 1. The highest BCUT2D eigenvalue weighted by Gasteiger charge is 2.20. The van der Waals surface area contributed by atoms with Crippen molar-refractivity contribution in [1.29, 1.82) is 0 Å². The number of pyridine rings is 1. The molecule has 1 saturated heterocycles. The van der Waals surface area contributed by atoms with Crippen molar-refractivity contribution in [1.82, 2.24) is 20.1 Å². The van der Waals surface area contributed by atoms with Gasteiger partial charge in [0.15, 0.2) is 0 Å². The summed E-state index contributed by atoms with van der Waals surface area (Å²) in [5, 5.41) is 2.99. The number of nitrogens with one attached hydrogen (secondary N) is 1. The second-order valence-electron chi connectivity index (χ2n) is 6.13. The third-order valence-electron chi connectivity index (χ3n) is 4.42. The lowest BCUT2D eigenvalue weighted by Crippen LogP contribution is -2.51. The summed E-state index contributed by atoms with van der Waals surface area (Å²) in [5.74, 6) is 0.820. The van der Waals surface area contributed by atoms with E-state index in [1.807, 2.05) is 53.7 Å². The molecule has 6 heteroatoms. The first kappa shape index (κ1) is 17.2. The molecule has 2 amide bonds. The van der Waals surface area contributed by atoms with E-state index in [4.69, 9.17) is 4.74 Å². The van der Waals surface area contributed by atoms with Gasteiger partial charge >= 0.3 is 6.03 Å². The Labute approximate surface area is 148 Å². The number of rotatable bonds is 5. The number of nitrogens with zero attached hydrogens (tertiary/aromatic N) is 3. The summed E-state index contributed by atoms with van der Waals surface area (Å²) in [5.41, 5.74) is 2.32. The Hall–Kier alpha value is -2.60. The number of hydrogen-bond acceptors (Lipinski definition) is 4. The largest absolute Gasteiger partial charge is 0.497 e. The summed E-state index contributed by atoms with van der Waals surface area (Å²) in [6, 6.07) is 11.8. The van der Waals surface area contributed by atoms with E-state index < -0.39 is 0 Å². The van der Waals surface area contributed by atoms with Crippen LogP contribution in [0.5, 0.6) is 5.75 Å². The zero-order valence-electron chi connectivity index (χ0n) is 14.5. The molecule has 0 saturated carbocycles. The number of aromatic nitrogens is 1. The molecule has 0 atom stereocenters. The molecule has 0 aliphatic carbocycles. The minimum absolute atomic E-state index is 0.000575. The Bertz CT molecular complexity index is 668. The Morgan fingerprint density at radius 3 is 2.36 bits per heavy atom. The second-order valence-corrected chi connectivity index (χ2v) is 6.13. The molecule has 132 valence electrons. The van der Waals surface area contributed by atoms with Crippen LogP contribution in [0.3, 0.4) is 0 Å². The SMILES string of the molecule is COc1ccc(CNC(=O)N2CCN(Cc3ccncc3)CC2)cc1. The maximum atomic E-state index is 12.3. The van der Waals surface area contributed by atoms with E-state index in [1.54, 1.807) is 7.11 Å². The minimum atomic E-state index is -0.000575. The van der Waals surface area contributed by atoms with Gasteiger partial charge in [-0.15, -0.1) is 0 Å². The fraction of sp³-hybridized carbons (Fsp3) is 0.368. The molecule has 0 unspecified atom stereocenters. The number of benzene rings is 1. The number of urea groups is 1. The van der Waals surface area contributed by atoms with Crippen LogP contribution < -0.4 is 10.1 Å². The number of methoxy groups -OCH3 is 1. The first-order chi connectivity index (χ1) is 12.2. The predicted molar refractivity (Wildman–Crippen MR) is 96.3 cm³/mol. The van der Waals surface area contributed by atoms with Crippen LogP contribution in [0, 0.1) is 0 Å². The molecule has 2 heterocycles. The predicted octanol–water partition coefficient (Wildman–Crippen LogP) is 2.12. The lowest BCUT2D eigenvalue weighted by Gasteiger charge is -2.34. The highest BCUT2D eigenvalue weighted by atomic mass is 16.5. The van der Waals surface area contributed by atoms with Gasteiger partial charge in [0.1, 0.15) is 5.75 Å². The lowest BCUT2D eigenvalue weighted by molar-refractivity contribution is 0.135. The molecule has 1 fully saturated rings.